The van der Waals surface area contributed by atoms with Crippen LogP contribution in [-0.2, 0) is 18.2 Å². The SMILES string of the molecule is Cn1ccnc1CCC(O)CCOCC(F)F. The summed E-state index contributed by atoms with van der Waals surface area (Å²) in [7, 11) is 1.89. The lowest BCUT2D eigenvalue weighted by Gasteiger charge is -2.10. The van der Waals surface area contributed by atoms with E-state index in [1.165, 1.54) is 0 Å². The predicted molar refractivity (Wildman–Crippen MR) is 59.0 cm³/mol. The third-order valence-electron chi connectivity index (χ3n) is 2.46. The molecule has 0 radical (unpaired) electrons. The lowest BCUT2D eigenvalue weighted by molar-refractivity contribution is 0.00423. The van der Waals surface area contributed by atoms with E-state index >= 15 is 0 Å². The molecule has 0 aliphatic rings. The van der Waals surface area contributed by atoms with Gasteiger partial charge in [0.15, 0.2) is 0 Å². The van der Waals surface area contributed by atoms with Gasteiger partial charge in [0.25, 0.3) is 6.43 Å². The molecule has 98 valence electrons. The molecular formula is C11H18F2N2O2. The van der Waals surface area contributed by atoms with Gasteiger partial charge in [-0.3, -0.25) is 0 Å². The van der Waals surface area contributed by atoms with Crippen LogP contribution in [0.1, 0.15) is 18.7 Å². The maximum atomic E-state index is 11.7. The molecule has 1 aromatic rings. The summed E-state index contributed by atoms with van der Waals surface area (Å²) in [5, 5.41) is 9.60. The Labute approximate surface area is 99.2 Å². The third kappa shape index (κ3) is 5.74. The number of aromatic nitrogens is 2. The maximum absolute atomic E-state index is 11.7. The molecule has 0 aliphatic carbocycles. The number of rotatable bonds is 8. The number of hydrogen-bond acceptors (Lipinski definition) is 3. The summed E-state index contributed by atoms with van der Waals surface area (Å²) in [6.07, 6.45) is 2.16. The Morgan fingerprint density at radius 2 is 2.24 bits per heavy atom. The van der Waals surface area contributed by atoms with E-state index in [1.54, 1.807) is 6.20 Å². The van der Waals surface area contributed by atoms with Crippen LogP contribution < -0.4 is 0 Å². The van der Waals surface area contributed by atoms with E-state index < -0.39 is 19.1 Å². The molecule has 0 aromatic carbocycles. The van der Waals surface area contributed by atoms with Gasteiger partial charge in [0.05, 0.1) is 6.10 Å². The molecular weight excluding hydrogens is 230 g/mol. The number of aliphatic hydroxyl groups excluding tert-OH is 1. The molecule has 6 heteroatoms. The molecule has 1 aromatic heterocycles. The highest BCUT2D eigenvalue weighted by molar-refractivity contribution is 4.91. The highest BCUT2D eigenvalue weighted by Gasteiger charge is 2.08. The summed E-state index contributed by atoms with van der Waals surface area (Å²) in [5.74, 6) is 0.901. The molecule has 1 atom stereocenters. The number of halogens is 2. The van der Waals surface area contributed by atoms with Crippen LogP contribution in [0.15, 0.2) is 12.4 Å². The first-order chi connectivity index (χ1) is 8.09. The first-order valence-corrected chi connectivity index (χ1v) is 5.59. The highest BCUT2D eigenvalue weighted by atomic mass is 19.3. The Bertz CT molecular complexity index is 318. The van der Waals surface area contributed by atoms with Crippen molar-refractivity contribution in [2.45, 2.75) is 31.8 Å². The fraction of sp³-hybridized carbons (Fsp3) is 0.727. The normalized spacial score (nSPS) is 13.2. The molecule has 0 saturated heterocycles. The molecule has 4 nitrogen and oxygen atoms in total. The number of hydrogen-bond donors (Lipinski definition) is 1. The van der Waals surface area contributed by atoms with E-state index in [2.05, 4.69) is 4.98 Å². The van der Waals surface area contributed by atoms with E-state index in [0.717, 1.165) is 5.82 Å². The number of alkyl halides is 2. The number of aliphatic hydroxyl groups is 1. The van der Waals surface area contributed by atoms with Crippen LogP contribution in [0.2, 0.25) is 0 Å². The smallest absolute Gasteiger partial charge is 0.261 e. The van der Waals surface area contributed by atoms with Gasteiger partial charge in [-0.15, -0.1) is 0 Å². The highest BCUT2D eigenvalue weighted by Crippen LogP contribution is 2.05. The van der Waals surface area contributed by atoms with Gasteiger partial charge < -0.3 is 14.4 Å². The van der Waals surface area contributed by atoms with Crippen LogP contribution in [0, 0.1) is 0 Å². The second kappa shape index (κ2) is 7.34. The molecule has 1 rings (SSSR count). The minimum Gasteiger partial charge on any atom is -0.393 e. The minimum absolute atomic E-state index is 0.159. The summed E-state index contributed by atoms with van der Waals surface area (Å²) < 4.78 is 30.1. The predicted octanol–water partition coefficient (Wildman–Crippen LogP) is 1.39. The Morgan fingerprint density at radius 1 is 1.47 bits per heavy atom. The standard InChI is InChI=1S/C11H18F2N2O2/c1-15-6-5-14-11(15)3-2-9(16)4-7-17-8-10(12)13/h5-6,9-10,16H,2-4,7-8H2,1H3. The molecule has 1 unspecified atom stereocenters. The lowest BCUT2D eigenvalue weighted by Crippen LogP contribution is -2.14. The molecule has 1 N–H and O–H groups in total. The van der Waals surface area contributed by atoms with E-state index in [-0.39, 0.29) is 6.61 Å². The summed E-state index contributed by atoms with van der Waals surface area (Å²) in [5.41, 5.74) is 0. The van der Waals surface area contributed by atoms with Crippen molar-refractivity contribution in [3.8, 4) is 0 Å². The second-order valence-corrected chi connectivity index (χ2v) is 3.90. The van der Waals surface area contributed by atoms with Crippen molar-refractivity contribution in [3.05, 3.63) is 18.2 Å². The Kier molecular flexibility index (Phi) is 6.07. The van der Waals surface area contributed by atoms with Gasteiger partial charge in [-0.05, 0) is 12.8 Å². The zero-order valence-corrected chi connectivity index (χ0v) is 9.85. The van der Waals surface area contributed by atoms with Gasteiger partial charge >= 0.3 is 0 Å². The van der Waals surface area contributed by atoms with Crippen LogP contribution in [0.3, 0.4) is 0 Å². The van der Waals surface area contributed by atoms with Gasteiger partial charge in [-0.2, -0.15) is 0 Å². The van der Waals surface area contributed by atoms with Crippen LogP contribution in [0.5, 0.6) is 0 Å². The first-order valence-electron chi connectivity index (χ1n) is 5.59. The fourth-order valence-electron chi connectivity index (χ4n) is 1.47. The van der Waals surface area contributed by atoms with Gasteiger partial charge in [-0.1, -0.05) is 0 Å². The third-order valence-corrected chi connectivity index (χ3v) is 2.46. The average molecular weight is 248 g/mol. The van der Waals surface area contributed by atoms with E-state index in [0.29, 0.717) is 19.3 Å². The van der Waals surface area contributed by atoms with Gasteiger partial charge in [0.1, 0.15) is 12.4 Å². The van der Waals surface area contributed by atoms with E-state index in [9.17, 15) is 13.9 Å². The van der Waals surface area contributed by atoms with Crippen molar-refractivity contribution in [1.82, 2.24) is 9.55 Å². The zero-order chi connectivity index (χ0) is 12.7. The van der Waals surface area contributed by atoms with Gasteiger partial charge in [0, 0.05) is 32.5 Å². The number of imidazole rings is 1. The van der Waals surface area contributed by atoms with Gasteiger partial charge in [-0.25, -0.2) is 13.8 Å². The topological polar surface area (TPSA) is 47.3 Å². The van der Waals surface area contributed by atoms with Gasteiger partial charge in [0.2, 0.25) is 0 Å². The molecule has 17 heavy (non-hydrogen) atoms. The number of nitrogens with zero attached hydrogens (tertiary/aromatic N) is 2. The largest absolute Gasteiger partial charge is 0.393 e. The Hall–Kier alpha value is -1.01. The fourth-order valence-corrected chi connectivity index (χ4v) is 1.47. The molecule has 0 bridgehead atoms. The average Bonchev–Trinajstić information content (AvgIpc) is 2.67. The van der Waals surface area contributed by atoms with Crippen LogP contribution in [0.4, 0.5) is 8.78 Å². The van der Waals surface area contributed by atoms with Crippen LogP contribution in [-0.4, -0.2) is 40.4 Å². The molecule has 0 fully saturated rings. The summed E-state index contributed by atoms with van der Waals surface area (Å²) in [6, 6.07) is 0. The lowest BCUT2D eigenvalue weighted by atomic mass is 10.1. The first kappa shape index (κ1) is 14.1. The minimum atomic E-state index is -2.44. The summed E-state index contributed by atoms with van der Waals surface area (Å²) >= 11 is 0. The Morgan fingerprint density at radius 3 is 2.82 bits per heavy atom. The van der Waals surface area contributed by atoms with Crippen molar-refractivity contribution in [3.63, 3.8) is 0 Å². The molecule has 0 aliphatic heterocycles. The Balaban J connectivity index is 2.09. The number of aryl methyl sites for hydroxylation is 2. The van der Waals surface area contributed by atoms with E-state index in [1.807, 2.05) is 17.8 Å². The second-order valence-electron chi connectivity index (χ2n) is 3.90. The number of ether oxygens (including phenoxy) is 1. The van der Waals surface area contributed by atoms with Crippen LogP contribution >= 0.6 is 0 Å². The van der Waals surface area contributed by atoms with Crippen molar-refractivity contribution < 1.29 is 18.6 Å². The summed E-state index contributed by atoms with van der Waals surface area (Å²) in [6.45, 7) is -0.405. The van der Waals surface area contributed by atoms with Crippen molar-refractivity contribution in [1.29, 1.82) is 0 Å². The monoisotopic (exact) mass is 248 g/mol. The zero-order valence-electron chi connectivity index (χ0n) is 9.85. The maximum Gasteiger partial charge on any atom is 0.261 e. The van der Waals surface area contributed by atoms with Crippen molar-refractivity contribution in [2.75, 3.05) is 13.2 Å². The van der Waals surface area contributed by atoms with Crippen molar-refractivity contribution in [2.24, 2.45) is 7.05 Å². The molecule has 1 heterocycles. The van der Waals surface area contributed by atoms with Crippen molar-refractivity contribution >= 4 is 0 Å². The van der Waals surface area contributed by atoms with E-state index in [4.69, 9.17) is 4.74 Å². The van der Waals surface area contributed by atoms with Crippen LogP contribution in [0.25, 0.3) is 0 Å². The summed E-state index contributed by atoms with van der Waals surface area (Å²) in [4.78, 5) is 4.13. The molecule has 0 spiro atoms. The quantitative estimate of drug-likeness (QED) is 0.707. The molecule has 0 amide bonds. The molecule has 0 saturated carbocycles.